The van der Waals surface area contributed by atoms with E-state index in [1.165, 1.54) is 31.5 Å². The molecule has 2 aliphatic heterocycles. The molecule has 2 atom stereocenters. The van der Waals surface area contributed by atoms with Gasteiger partial charge in [0.25, 0.3) is 0 Å². The van der Waals surface area contributed by atoms with E-state index in [0.717, 1.165) is 35.7 Å². The average molecular weight is 339 g/mol. The van der Waals surface area contributed by atoms with E-state index in [4.69, 9.17) is 4.74 Å². The molecule has 0 aliphatic carbocycles. The smallest absolute Gasteiger partial charge is 0.123 e. The Hall–Kier alpha value is -0.580. The largest absolute Gasteiger partial charge is 0.488 e. The van der Waals surface area contributed by atoms with Crippen molar-refractivity contribution < 1.29 is 4.74 Å². The van der Waals surface area contributed by atoms with Crippen molar-refractivity contribution >= 4 is 15.9 Å². The van der Waals surface area contributed by atoms with Gasteiger partial charge in [0.2, 0.25) is 0 Å². The Morgan fingerprint density at radius 2 is 2.30 bits per heavy atom. The Morgan fingerprint density at radius 3 is 3.15 bits per heavy atom. The van der Waals surface area contributed by atoms with Crippen LogP contribution in [0.4, 0.5) is 0 Å². The lowest BCUT2D eigenvalue weighted by Crippen LogP contribution is -2.39. The molecule has 2 heterocycles. The monoisotopic (exact) mass is 338 g/mol. The number of rotatable bonds is 4. The molecule has 2 unspecified atom stereocenters. The third-order valence-electron chi connectivity index (χ3n) is 4.29. The molecular weight excluding hydrogens is 316 g/mol. The van der Waals surface area contributed by atoms with Crippen LogP contribution in [0.2, 0.25) is 0 Å². The quantitative estimate of drug-likeness (QED) is 0.913. The van der Waals surface area contributed by atoms with E-state index in [1.54, 1.807) is 0 Å². The first kappa shape index (κ1) is 14.4. The number of fused-ring (bicyclic) bond motifs is 1. The molecule has 1 N–H and O–H groups in total. The van der Waals surface area contributed by atoms with Gasteiger partial charge < -0.3 is 15.0 Å². The zero-order valence-electron chi connectivity index (χ0n) is 12.1. The maximum atomic E-state index is 5.98. The Morgan fingerprint density at radius 1 is 1.40 bits per heavy atom. The molecule has 0 spiro atoms. The maximum Gasteiger partial charge on any atom is 0.123 e. The van der Waals surface area contributed by atoms with Gasteiger partial charge in [0.15, 0.2) is 0 Å². The maximum absolute atomic E-state index is 5.98. The van der Waals surface area contributed by atoms with Crippen LogP contribution in [0.25, 0.3) is 0 Å². The van der Waals surface area contributed by atoms with E-state index in [-0.39, 0.29) is 0 Å². The fourth-order valence-electron chi connectivity index (χ4n) is 3.29. The molecule has 1 saturated heterocycles. The Kier molecular flexibility index (Phi) is 4.64. The van der Waals surface area contributed by atoms with Crippen LogP contribution in [0.5, 0.6) is 5.75 Å². The zero-order chi connectivity index (χ0) is 13.9. The minimum atomic E-state index is 0.292. The number of nitrogens with one attached hydrogen (secondary N) is 1. The third kappa shape index (κ3) is 3.54. The van der Waals surface area contributed by atoms with E-state index in [1.807, 2.05) is 6.07 Å². The summed E-state index contributed by atoms with van der Waals surface area (Å²) < 4.78 is 7.12. The zero-order valence-corrected chi connectivity index (χ0v) is 13.7. The van der Waals surface area contributed by atoms with E-state index in [9.17, 15) is 0 Å². The molecule has 1 fully saturated rings. The van der Waals surface area contributed by atoms with Gasteiger partial charge in [-0.05, 0) is 62.7 Å². The van der Waals surface area contributed by atoms with E-state index >= 15 is 0 Å². The van der Waals surface area contributed by atoms with Crippen LogP contribution in [0, 0.1) is 5.92 Å². The Balaban J connectivity index is 1.42. The van der Waals surface area contributed by atoms with Gasteiger partial charge in [0.1, 0.15) is 11.9 Å². The highest BCUT2D eigenvalue weighted by Gasteiger charge is 2.23. The Bertz CT molecular complexity index is 466. The molecule has 1 aromatic rings. The average Bonchev–Trinajstić information content (AvgIpc) is 2.80. The number of likely N-dealkylation sites (tertiary alicyclic amines) is 1. The molecular formula is C16H23BrN2O. The summed E-state index contributed by atoms with van der Waals surface area (Å²) >= 11 is 3.52. The van der Waals surface area contributed by atoms with Gasteiger partial charge in [-0.25, -0.2) is 0 Å². The highest BCUT2D eigenvalue weighted by Crippen LogP contribution is 2.30. The summed E-state index contributed by atoms with van der Waals surface area (Å²) in [5.74, 6) is 1.85. The van der Waals surface area contributed by atoms with Gasteiger partial charge in [-0.2, -0.15) is 0 Å². The van der Waals surface area contributed by atoms with Crippen LogP contribution in [0.1, 0.15) is 18.4 Å². The number of hydrogen-bond acceptors (Lipinski definition) is 3. The lowest BCUT2D eigenvalue weighted by Gasteiger charge is -2.30. The first-order chi connectivity index (χ1) is 9.70. The third-order valence-corrected chi connectivity index (χ3v) is 4.78. The number of piperidine rings is 1. The molecule has 0 radical (unpaired) electrons. The van der Waals surface area contributed by atoms with Gasteiger partial charge >= 0.3 is 0 Å². The standard InChI is InChI=1S/C16H23BrN2O/c1-19-6-2-3-12(11-19)9-18-10-15-8-13-7-14(17)4-5-16(13)20-15/h4-5,7,12,15,18H,2-3,6,8-11H2,1H3. The predicted octanol–water partition coefficient (Wildman–Crippen LogP) is 2.68. The molecule has 1 aromatic carbocycles. The van der Waals surface area contributed by atoms with Gasteiger partial charge in [-0.15, -0.1) is 0 Å². The summed E-state index contributed by atoms with van der Waals surface area (Å²) in [6.07, 6.45) is 4.01. The number of benzene rings is 1. The number of nitrogens with zero attached hydrogens (tertiary/aromatic N) is 1. The molecule has 4 heteroatoms. The lowest BCUT2D eigenvalue weighted by molar-refractivity contribution is 0.192. The van der Waals surface area contributed by atoms with Crippen molar-refractivity contribution in [2.75, 3.05) is 33.2 Å². The minimum Gasteiger partial charge on any atom is -0.488 e. The molecule has 110 valence electrons. The summed E-state index contributed by atoms with van der Waals surface area (Å²) in [5, 5.41) is 3.60. The van der Waals surface area contributed by atoms with Crippen LogP contribution >= 0.6 is 15.9 Å². The summed E-state index contributed by atoms with van der Waals surface area (Å²) in [7, 11) is 2.22. The van der Waals surface area contributed by atoms with Crippen LogP contribution < -0.4 is 10.1 Å². The van der Waals surface area contributed by atoms with Gasteiger partial charge in [0, 0.05) is 24.0 Å². The number of halogens is 1. The highest BCUT2D eigenvalue weighted by molar-refractivity contribution is 9.10. The normalized spacial score (nSPS) is 26.3. The summed E-state index contributed by atoms with van der Waals surface area (Å²) in [4.78, 5) is 2.44. The summed E-state index contributed by atoms with van der Waals surface area (Å²) in [6.45, 7) is 4.55. The molecule has 0 amide bonds. The molecule has 0 bridgehead atoms. The van der Waals surface area contributed by atoms with Crippen LogP contribution in [-0.4, -0.2) is 44.2 Å². The van der Waals surface area contributed by atoms with Crippen LogP contribution in [-0.2, 0) is 6.42 Å². The SMILES string of the molecule is CN1CCCC(CNCC2Cc3cc(Br)ccc3O2)C1. The molecule has 0 saturated carbocycles. The molecule has 2 aliphatic rings. The molecule has 3 rings (SSSR count). The van der Waals surface area contributed by atoms with E-state index in [2.05, 4.69) is 45.3 Å². The van der Waals surface area contributed by atoms with Crippen LogP contribution in [0.3, 0.4) is 0 Å². The predicted molar refractivity (Wildman–Crippen MR) is 85.4 cm³/mol. The van der Waals surface area contributed by atoms with Crippen LogP contribution in [0.15, 0.2) is 22.7 Å². The number of ether oxygens (including phenoxy) is 1. The van der Waals surface area contributed by atoms with Crippen molar-refractivity contribution in [2.24, 2.45) is 5.92 Å². The van der Waals surface area contributed by atoms with Crippen molar-refractivity contribution in [3.05, 3.63) is 28.2 Å². The summed E-state index contributed by atoms with van der Waals surface area (Å²) in [5.41, 5.74) is 1.32. The summed E-state index contributed by atoms with van der Waals surface area (Å²) in [6, 6.07) is 6.29. The van der Waals surface area contributed by atoms with Gasteiger partial charge in [0.05, 0.1) is 0 Å². The molecule has 3 nitrogen and oxygen atoms in total. The first-order valence-electron chi connectivity index (χ1n) is 7.55. The second kappa shape index (κ2) is 6.46. The fraction of sp³-hybridized carbons (Fsp3) is 0.625. The second-order valence-corrected chi connectivity index (χ2v) is 7.04. The van der Waals surface area contributed by atoms with Crippen molar-refractivity contribution in [2.45, 2.75) is 25.4 Å². The van der Waals surface area contributed by atoms with Gasteiger partial charge in [-0.1, -0.05) is 15.9 Å². The lowest BCUT2D eigenvalue weighted by atomic mass is 9.98. The minimum absolute atomic E-state index is 0.292. The first-order valence-corrected chi connectivity index (χ1v) is 8.34. The molecule has 0 aromatic heterocycles. The highest BCUT2D eigenvalue weighted by atomic mass is 79.9. The molecule has 20 heavy (non-hydrogen) atoms. The van der Waals surface area contributed by atoms with Crippen molar-refractivity contribution in [1.82, 2.24) is 10.2 Å². The topological polar surface area (TPSA) is 24.5 Å². The number of hydrogen-bond donors (Lipinski definition) is 1. The van der Waals surface area contributed by atoms with Crippen molar-refractivity contribution in [1.29, 1.82) is 0 Å². The second-order valence-electron chi connectivity index (χ2n) is 6.12. The fourth-order valence-corrected chi connectivity index (χ4v) is 3.70. The van der Waals surface area contributed by atoms with Gasteiger partial charge in [-0.3, -0.25) is 0 Å². The van der Waals surface area contributed by atoms with Crippen molar-refractivity contribution in [3.63, 3.8) is 0 Å². The van der Waals surface area contributed by atoms with E-state index in [0.29, 0.717) is 6.10 Å². The van der Waals surface area contributed by atoms with E-state index < -0.39 is 0 Å². The Labute approximate surface area is 129 Å². The van der Waals surface area contributed by atoms with Crippen molar-refractivity contribution in [3.8, 4) is 5.75 Å².